The summed E-state index contributed by atoms with van der Waals surface area (Å²) in [5, 5.41) is 3.70. The number of nitrogens with one attached hydrogen (secondary N) is 1. The zero-order chi connectivity index (χ0) is 23.8. The van der Waals surface area contributed by atoms with Crippen molar-refractivity contribution in [3.05, 3.63) is 58.3 Å². The Morgan fingerprint density at radius 2 is 1.91 bits per heavy atom. The zero-order valence-corrected chi connectivity index (χ0v) is 18.0. The van der Waals surface area contributed by atoms with Gasteiger partial charge in [-0.1, -0.05) is 23.2 Å². The summed E-state index contributed by atoms with van der Waals surface area (Å²) in [6.07, 6.45) is -1.92. The van der Waals surface area contributed by atoms with Gasteiger partial charge in [-0.25, -0.2) is 4.99 Å². The third-order valence-electron chi connectivity index (χ3n) is 4.51. The molecule has 1 N–H and O–H groups in total. The molecular weight excluding hydrogens is 486 g/mol. The fourth-order valence-corrected chi connectivity index (χ4v) is 3.59. The predicted octanol–water partition coefficient (Wildman–Crippen LogP) is 6.74. The first-order valence-electron chi connectivity index (χ1n) is 9.08. The highest BCUT2D eigenvalue weighted by Crippen LogP contribution is 2.39. The van der Waals surface area contributed by atoms with Crippen molar-refractivity contribution >= 4 is 68.8 Å². The molecule has 0 saturated carbocycles. The van der Waals surface area contributed by atoms with Crippen LogP contribution in [0.25, 0.3) is 21.9 Å². The lowest BCUT2D eigenvalue weighted by Crippen LogP contribution is -2.13. The maximum Gasteiger partial charge on any atom is 0.573 e. The Labute approximate surface area is 193 Å². The summed E-state index contributed by atoms with van der Waals surface area (Å²) in [5.74, 6) is -0.210. The largest absolute Gasteiger partial charge is 0.573 e. The number of carbonyl (C=O) groups is 1. The first-order valence-corrected chi connectivity index (χ1v) is 9.84. The average molecular weight is 498 g/mol. The molecule has 1 amide bonds. The highest BCUT2D eigenvalue weighted by Gasteiger charge is 2.29. The van der Waals surface area contributed by atoms with Gasteiger partial charge in [-0.05, 0) is 30.3 Å². The van der Waals surface area contributed by atoms with Crippen molar-refractivity contribution in [2.75, 3.05) is 12.4 Å². The molecule has 0 aliphatic rings. The van der Waals surface area contributed by atoms with Gasteiger partial charge < -0.3 is 19.2 Å². The highest BCUT2D eigenvalue weighted by atomic mass is 35.5. The molecule has 2 heterocycles. The number of hydrogen-bond donors (Lipinski definition) is 1. The number of rotatable bonds is 5. The Bertz CT molecular complexity index is 1380. The average Bonchev–Trinajstić information content (AvgIpc) is 3.14. The number of amides is 1. The van der Waals surface area contributed by atoms with E-state index in [2.05, 4.69) is 20.0 Å². The second-order valence-corrected chi connectivity index (χ2v) is 7.35. The van der Waals surface area contributed by atoms with Gasteiger partial charge in [0, 0.05) is 23.2 Å². The van der Waals surface area contributed by atoms with Crippen LogP contribution >= 0.6 is 23.2 Å². The van der Waals surface area contributed by atoms with Gasteiger partial charge in [-0.15, -0.1) is 13.2 Å². The number of carbonyl (C=O) groups excluding carboxylic acids is 1. The summed E-state index contributed by atoms with van der Waals surface area (Å²) in [6, 6.07) is 7.46. The number of halogens is 5. The van der Waals surface area contributed by atoms with Crippen molar-refractivity contribution in [1.82, 2.24) is 4.98 Å². The Morgan fingerprint density at radius 1 is 1.18 bits per heavy atom. The monoisotopic (exact) mass is 497 g/mol. The molecule has 0 spiro atoms. The van der Waals surface area contributed by atoms with Crippen LogP contribution in [-0.2, 0) is 4.74 Å². The molecule has 170 valence electrons. The van der Waals surface area contributed by atoms with Crippen LogP contribution in [0.3, 0.4) is 0 Å². The summed E-state index contributed by atoms with van der Waals surface area (Å²) in [6.45, 7) is 0. The quantitative estimate of drug-likeness (QED) is 0.243. The predicted molar refractivity (Wildman–Crippen MR) is 118 cm³/mol. The minimum atomic E-state index is -4.86. The smallest absolute Gasteiger partial charge is 0.493 e. The van der Waals surface area contributed by atoms with E-state index in [0.717, 1.165) is 0 Å². The lowest BCUT2D eigenvalue weighted by Gasteiger charge is -2.10. The fraction of sp³-hybridized carbons (Fsp3) is 0.0952. The third kappa shape index (κ3) is 4.67. The van der Waals surface area contributed by atoms with Crippen molar-refractivity contribution in [2.24, 2.45) is 4.99 Å². The van der Waals surface area contributed by atoms with Gasteiger partial charge in [0.25, 0.3) is 5.91 Å². The van der Waals surface area contributed by atoms with E-state index in [4.69, 9.17) is 32.4 Å². The van der Waals surface area contributed by atoms with Crippen molar-refractivity contribution in [2.45, 2.75) is 6.36 Å². The molecule has 2 aromatic carbocycles. The SMILES string of the molecule is COc1ccc(C(=O)Nc2c(Cl)cncc2Cl)c2c1oc1ccc(/N=C\OC(F)(F)F)cc12. The van der Waals surface area contributed by atoms with Crippen molar-refractivity contribution in [3.63, 3.8) is 0 Å². The normalized spacial score (nSPS) is 11.9. The third-order valence-corrected chi connectivity index (χ3v) is 5.08. The van der Waals surface area contributed by atoms with Crippen LogP contribution in [-0.4, -0.2) is 30.8 Å². The number of fused-ring (bicyclic) bond motifs is 3. The maximum absolute atomic E-state index is 13.1. The number of ether oxygens (including phenoxy) is 2. The topological polar surface area (TPSA) is 86.0 Å². The molecule has 7 nitrogen and oxygen atoms in total. The summed E-state index contributed by atoms with van der Waals surface area (Å²) in [5.41, 5.74) is 1.12. The summed E-state index contributed by atoms with van der Waals surface area (Å²) in [7, 11) is 1.43. The van der Waals surface area contributed by atoms with E-state index in [-0.39, 0.29) is 39.0 Å². The van der Waals surface area contributed by atoms with Crippen LogP contribution in [0.1, 0.15) is 10.4 Å². The van der Waals surface area contributed by atoms with Crippen LogP contribution in [0.4, 0.5) is 24.5 Å². The molecule has 12 heteroatoms. The van der Waals surface area contributed by atoms with E-state index in [1.807, 2.05) is 0 Å². The minimum Gasteiger partial charge on any atom is -0.493 e. The minimum absolute atomic E-state index is 0.138. The maximum atomic E-state index is 13.1. The highest BCUT2D eigenvalue weighted by molar-refractivity contribution is 6.40. The number of alkyl halides is 3. The van der Waals surface area contributed by atoms with Crippen molar-refractivity contribution in [3.8, 4) is 5.75 Å². The number of nitrogens with zero attached hydrogens (tertiary/aromatic N) is 2. The Morgan fingerprint density at radius 3 is 2.58 bits per heavy atom. The van der Waals surface area contributed by atoms with Crippen LogP contribution in [0, 0.1) is 0 Å². The van der Waals surface area contributed by atoms with Gasteiger partial charge in [-0.3, -0.25) is 9.78 Å². The number of anilines is 1. The van der Waals surface area contributed by atoms with Gasteiger partial charge in [0.2, 0.25) is 0 Å². The molecule has 0 radical (unpaired) electrons. The van der Waals surface area contributed by atoms with Gasteiger partial charge in [0.15, 0.2) is 17.7 Å². The summed E-state index contributed by atoms with van der Waals surface area (Å²) < 4.78 is 51.4. The van der Waals surface area contributed by atoms with Gasteiger partial charge in [-0.2, -0.15) is 0 Å². The molecule has 4 aromatic rings. The molecular formula is C21H12Cl2F3N3O4. The van der Waals surface area contributed by atoms with Crippen molar-refractivity contribution in [1.29, 1.82) is 0 Å². The number of pyridine rings is 1. The molecule has 0 saturated heterocycles. The number of aliphatic imine (C=N–C) groups is 1. The molecule has 4 rings (SSSR count). The number of furan rings is 1. The molecule has 0 fully saturated rings. The summed E-state index contributed by atoms with van der Waals surface area (Å²) >= 11 is 12.2. The first kappa shape index (κ1) is 22.7. The van der Waals surface area contributed by atoms with Crippen LogP contribution in [0.5, 0.6) is 5.75 Å². The second kappa shape index (κ2) is 8.80. The number of methoxy groups -OCH3 is 1. The number of hydrogen-bond acceptors (Lipinski definition) is 6. The van der Waals surface area contributed by atoms with E-state index in [1.165, 1.54) is 43.8 Å². The standard InChI is InChI=1S/C21H12Cl2F3N3O4/c1-31-16-5-3-11(20(30)29-18-13(22)7-27-8-14(18)23)17-12-6-10(28-9-32-21(24,25)26)2-4-15(12)33-19(16)17/h2-9H,1H3,(H,27,29,30)/b28-9-. The number of aromatic nitrogens is 1. The van der Waals surface area contributed by atoms with Crippen LogP contribution in [0.15, 0.2) is 52.1 Å². The molecule has 33 heavy (non-hydrogen) atoms. The fourth-order valence-electron chi connectivity index (χ4n) is 3.13. The van der Waals surface area contributed by atoms with E-state index in [0.29, 0.717) is 22.1 Å². The second-order valence-electron chi connectivity index (χ2n) is 6.53. The lowest BCUT2D eigenvalue weighted by molar-refractivity contribution is -0.280. The number of benzene rings is 2. The molecule has 0 bridgehead atoms. The molecule has 0 aliphatic carbocycles. The molecule has 0 aliphatic heterocycles. The molecule has 2 aromatic heterocycles. The van der Waals surface area contributed by atoms with E-state index >= 15 is 0 Å². The van der Waals surface area contributed by atoms with E-state index in [1.54, 1.807) is 6.07 Å². The summed E-state index contributed by atoms with van der Waals surface area (Å²) in [4.78, 5) is 20.6. The Balaban J connectivity index is 1.83. The van der Waals surface area contributed by atoms with Gasteiger partial charge in [0.05, 0.1) is 34.1 Å². The zero-order valence-electron chi connectivity index (χ0n) is 16.5. The van der Waals surface area contributed by atoms with Gasteiger partial charge >= 0.3 is 6.36 Å². The first-order chi connectivity index (χ1) is 15.7. The lowest BCUT2D eigenvalue weighted by atomic mass is 10.0. The Kier molecular flexibility index (Phi) is 6.05. The van der Waals surface area contributed by atoms with Crippen LogP contribution in [0.2, 0.25) is 10.0 Å². The molecule has 0 atom stereocenters. The van der Waals surface area contributed by atoms with Crippen LogP contribution < -0.4 is 10.1 Å². The van der Waals surface area contributed by atoms with E-state index in [9.17, 15) is 18.0 Å². The van der Waals surface area contributed by atoms with E-state index < -0.39 is 12.3 Å². The van der Waals surface area contributed by atoms with Gasteiger partial charge in [0.1, 0.15) is 5.58 Å². The Hall–Kier alpha value is -3.50. The molecule has 0 unspecified atom stereocenters. The van der Waals surface area contributed by atoms with Crippen molar-refractivity contribution < 1.29 is 31.9 Å².